The third kappa shape index (κ3) is 3.87. The summed E-state index contributed by atoms with van der Waals surface area (Å²) < 4.78 is 7.01. The van der Waals surface area contributed by atoms with Gasteiger partial charge in [-0.15, -0.1) is 0 Å². The molecule has 256 valence electrons. The molecule has 1 aliphatic heterocycles. The van der Waals surface area contributed by atoms with Crippen LogP contribution in [0.4, 0.5) is 0 Å². The molecule has 9 aromatic carbocycles. The van der Waals surface area contributed by atoms with Crippen LogP contribution in [0, 0.1) is 0 Å². The Morgan fingerprint density at radius 3 is 1.58 bits per heavy atom. The summed E-state index contributed by atoms with van der Waals surface area (Å²) in [6.07, 6.45) is 0. The molecule has 9 aromatic rings. The molecule has 1 atom stereocenters. The van der Waals surface area contributed by atoms with E-state index in [0.717, 1.165) is 28.2 Å². The van der Waals surface area contributed by atoms with Crippen molar-refractivity contribution in [2.75, 3.05) is 0 Å². The summed E-state index contributed by atoms with van der Waals surface area (Å²) in [5.41, 5.74) is 16.6. The highest BCUT2D eigenvalue weighted by Crippen LogP contribution is 2.66. The predicted octanol–water partition coefficient (Wildman–Crippen LogP) is 13.3. The highest BCUT2D eigenvalue weighted by atomic mass is 16.5. The zero-order chi connectivity index (χ0) is 36.1. The lowest BCUT2D eigenvalue weighted by Crippen LogP contribution is -2.34. The highest BCUT2D eigenvalue weighted by molar-refractivity contribution is 6.05. The minimum atomic E-state index is -0.566. The Hall–Kier alpha value is -6.96. The molecule has 1 unspecified atom stereocenters. The van der Waals surface area contributed by atoms with Crippen LogP contribution in [0.15, 0.2) is 206 Å². The fourth-order valence-corrected chi connectivity index (χ4v) is 10.6. The molecule has 3 aliphatic rings. The van der Waals surface area contributed by atoms with E-state index in [1.54, 1.807) is 0 Å². The molecule has 0 radical (unpaired) electrons. The SMILES string of the molecule is c1ccc(C2(c3ccccc3)c3ccccc3Oc3cc(-c4cccc5c4C4(c6ccccc6-5)c5ccccc5-c5ccc6ccccc6c54)ccc32)cc1. The van der Waals surface area contributed by atoms with Crippen molar-refractivity contribution in [3.63, 3.8) is 0 Å². The van der Waals surface area contributed by atoms with Gasteiger partial charge in [0.25, 0.3) is 0 Å². The quantitative estimate of drug-likeness (QED) is 0.178. The van der Waals surface area contributed by atoms with Crippen molar-refractivity contribution in [1.82, 2.24) is 0 Å². The molecule has 55 heavy (non-hydrogen) atoms. The first-order valence-electron chi connectivity index (χ1n) is 19.2. The van der Waals surface area contributed by atoms with Gasteiger partial charge in [0.2, 0.25) is 0 Å². The maximum Gasteiger partial charge on any atom is 0.132 e. The van der Waals surface area contributed by atoms with Crippen LogP contribution in [0.3, 0.4) is 0 Å². The molecule has 0 saturated carbocycles. The molecule has 12 rings (SSSR count). The van der Waals surface area contributed by atoms with Crippen LogP contribution in [0.1, 0.15) is 44.5 Å². The molecule has 0 amide bonds. The summed E-state index contributed by atoms with van der Waals surface area (Å²) in [4.78, 5) is 0. The standard InChI is InChI=1S/C54H34O/c1-3-17-37(18-4-1)53(38-19-5-2-6-20-38)47-28-13-14-29-49(47)55-50-34-36(31-33-48(50)53)40-24-15-25-43-41-22-9-11-26-45(41)54(52(40)43)46-27-12-10-23-42(46)44-32-30-35-16-7-8-21-39(35)51(44)54/h1-34H. The lowest BCUT2D eigenvalue weighted by atomic mass is 9.63. The number of hydrogen-bond donors (Lipinski definition) is 0. The Morgan fingerprint density at radius 1 is 0.309 bits per heavy atom. The Kier molecular flexibility index (Phi) is 6.25. The second-order valence-electron chi connectivity index (χ2n) is 15.1. The van der Waals surface area contributed by atoms with Gasteiger partial charge in [0.15, 0.2) is 0 Å². The third-order valence-electron chi connectivity index (χ3n) is 12.6. The first-order valence-corrected chi connectivity index (χ1v) is 19.2. The number of rotatable bonds is 3. The normalized spacial score (nSPS) is 16.4. The molecule has 0 N–H and O–H groups in total. The minimum absolute atomic E-state index is 0.503. The van der Waals surface area contributed by atoms with Gasteiger partial charge in [-0.3, -0.25) is 0 Å². The third-order valence-corrected chi connectivity index (χ3v) is 12.6. The van der Waals surface area contributed by atoms with Gasteiger partial charge in [-0.2, -0.15) is 0 Å². The van der Waals surface area contributed by atoms with Crippen LogP contribution < -0.4 is 4.74 Å². The molecule has 1 spiro atoms. The number of hydrogen-bond acceptors (Lipinski definition) is 1. The van der Waals surface area contributed by atoms with Crippen LogP contribution in [0.2, 0.25) is 0 Å². The number of fused-ring (bicyclic) bond motifs is 14. The van der Waals surface area contributed by atoms with Crippen molar-refractivity contribution in [3.8, 4) is 44.9 Å². The van der Waals surface area contributed by atoms with Crippen molar-refractivity contribution in [2.24, 2.45) is 0 Å². The first-order chi connectivity index (χ1) is 27.3. The zero-order valence-electron chi connectivity index (χ0n) is 30.0. The van der Waals surface area contributed by atoms with Crippen LogP contribution in [-0.2, 0) is 10.8 Å². The molecular weight excluding hydrogens is 665 g/mol. The Labute approximate surface area is 320 Å². The topological polar surface area (TPSA) is 9.23 Å². The minimum Gasteiger partial charge on any atom is -0.457 e. The molecule has 0 fully saturated rings. The smallest absolute Gasteiger partial charge is 0.132 e. The molecule has 1 nitrogen and oxygen atoms in total. The van der Waals surface area contributed by atoms with E-state index < -0.39 is 10.8 Å². The van der Waals surface area contributed by atoms with Crippen molar-refractivity contribution < 1.29 is 4.74 Å². The average Bonchev–Trinajstić information content (AvgIpc) is 3.73. The molecule has 0 saturated heterocycles. The lowest BCUT2D eigenvalue weighted by molar-refractivity contribution is 0.434. The van der Waals surface area contributed by atoms with E-state index in [-0.39, 0.29) is 0 Å². The molecule has 1 heteroatoms. The van der Waals surface area contributed by atoms with Gasteiger partial charge in [-0.25, -0.2) is 0 Å². The summed E-state index contributed by atoms with van der Waals surface area (Å²) in [6.45, 7) is 0. The van der Waals surface area contributed by atoms with Gasteiger partial charge in [0.1, 0.15) is 11.5 Å². The molecule has 1 heterocycles. The zero-order valence-corrected chi connectivity index (χ0v) is 30.0. The molecule has 2 aliphatic carbocycles. The lowest BCUT2D eigenvalue weighted by Gasteiger charge is -2.41. The summed E-state index contributed by atoms with van der Waals surface area (Å²) in [5.74, 6) is 1.76. The Morgan fingerprint density at radius 2 is 0.855 bits per heavy atom. The number of benzene rings is 9. The van der Waals surface area contributed by atoms with E-state index in [9.17, 15) is 0 Å². The van der Waals surface area contributed by atoms with Gasteiger partial charge in [0.05, 0.1) is 10.8 Å². The van der Waals surface area contributed by atoms with Crippen molar-refractivity contribution in [1.29, 1.82) is 0 Å². The largest absolute Gasteiger partial charge is 0.457 e. The van der Waals surface area contributed by atoms with Gasteiger partial charge in [0, 0.05) is 11.1 Å². The van der Waals surface area contributed by atoms with E-state index in [1.807, 2.05) is 0 Å². The summed E-state index contributed by atoms with van der Waals surface area (Å²) >= 11 is 0. The van der Waals surface area contributed by atoms with Crippen molar-refractivity contribution >= 4 is 10.8 Å². The second-order valence-corrected chi connectivity index (χ2v) is 15.1. The maximum absolute atomic E-state index is 7.01. The fourth-order valence-electron chi connectivity index (χ4n) is 10.6. The van der Waals surface area contributed by atoms with Crippen LogP contribution in [0.5, 0.6) is 11.5 Å². The van der Waals surface area contributed by atoms with Crippen molar-refractivity contribution in [2.45, 2.75) is 10.8 Å². The number of ether oxygens (including phenoxy) is 1. The fraction of sp³-hybridized carbons (Fsp3) is 0.0370. The Bertz CT molecular complexity index is 2960. The first kappa shape index (κ1) is 30.5. The van der Waals surface area contributed by atoms with Gasteiger partial charge >= 0.3 is 0 Å². The molecular formula is C54H34O. The maximum atomic E-state index is 7.01. The summed E-state index contributed by atoms with van der Waals surface area (Å²) in [7, 11) is 0. The molecule has 0 aromatic heterocycles. The van der Waals surface area contributed by atoms with E-state index in [2.05, 4.69) is 206 Å². The van der Waals surface area contributed by atoms with Crippen LogP contribution in [0.25, 0.3) is 44.2 Å². The van der Waals surface area contributed by atoms with Gasteiger partial charge in [-0.05, 0) is 89.7 Å². The molecule has 0 bridgehead atoms. The highest BCUT2D eigenvalue weighted by Gasteiger charge is 2.53. The van der Waals surface area contributed by atoms with Crippen LogP contribution in [-0.4, -0.2) is 0 Å². The average molecular weight is 699 g/mol. The number of para-hydroxylation sites is 1. The van der Waals surface area contributed by atoms with Crippen molar-refractivity contribution in [3.05, 3.63) is 251 Å². The van der Waals surface area contributed by atoms with E-state index in [4.69, 9.17) is 4.74 Å². The monoisotopic (exact) mass is 698 g/mol. The summed E-state index contributed by atoms with van der Waals surface area (Å²) in [6, 6.07) is 76.1. The predicted molar refractivity (Wildman–Crippen MR) is 224 cm³/mol. The second kappa shape index (κ2) is 11.3. The summed E-state index contributed by atoms with van der Waals surface area (Å²) in [5, 5.41) is 2.56. The van der Waals surface area contributed by atoms with Gasteiger partial charge in [-0.1, -0.05) is 194 Å². The van der Waals surface area contributed by atoms with Gasteiger partial charge < -0.3 is 4.74 Å². The van der Waals surface area contributed by atoms with E-state index in [1.165, 1.54) is 72.0 Å². The van der Waals surface area contributed by atoms with E-state index >= 15 is 0 Å². The van der Waals surface area contributed by atoms with Crippen LogP contribution >= 0.6 is 0 Å². The van der Waals surface area contributed by atoms with E-state index in [0.29, 0.717) is 0 Å². The Balaban J connectivity index is 1.17.